The first-order valence-electron chi connectivity index (χ1n) is 6.65. The van der Waals surface area contributed by atoms with E-state index in [0.717, 1.165) is 11.1 Å². The number of amides is 1. The summed E-state index contributed by atoms with van der Waals surface area (Å²) in [6.45, 7) is 1.98. The second-order valence-electron chi connectivity index (χ2n) is 4.93. The summed E-state index contributed by atoms with van der Waals surface area (Å²) in [6.07, 6.45) is -0.955. The van der Waals surface area contributed by atoms with Crippen LogP contribution in [0.2, 0.25) is 0 Å². The molecule has 2 rings (SSSR count). The Labute approximate surface area is 119 Å². The van der Waals surface area contributed by atoms with E-state index in [2.05, 4.69) is 12.1 Å². The van der Waals surface area contributed by atoms with Gasteiger partial charge >= 0.3 is 0 Å². The average Bonchev–Trinajstić information content (AvgIpc) is 2.48. The lowest BCUT2D eigenvalue weighted by Gasteiger charge is -2.19. The first-order chi connectivity index (χ1) is 9.58. The second kappa shape index (κ2) is 6.35. The third-order valence-electron chi connectivity index (χ3n) is 3.21. The molecule has 0 aliphatic carbocycles. The van der Waals surface area contributed by atoms with Crippen LogP contribution in [0.5, 0.6) is 0 Å². The molecule has 1 amide bonds. The molecular formula is C17H19NO2. The molecule has 20 heavy (non-hydrogen) atoms. The highest BCUT2D eigenvalue weighted by Crippen LogP contribution is 2.19. The van der Waals surface area contributed by atoms with Crippen LogP contribution in [0.3, 0.4) is 0 Å². The van der Waals surface area contributed by atoms with Crippen molar-refractivity contribution in [2.24, 2.45) is 0 Å². The quantitative estimate of drug-likeness (QED) is 0.927. The Morgan fingerprint density at radius 1 is 1.05 bits per heavy atom. The Morgan fingerprint density at radius 2 is 1.60 bits per heavy atom. The predicted molar refractivity (Wildman–Crippen MR) is 80.0 cm³/mol. The molecule has 2 aromatic carbocycles. The summed E-state index contributed by atoms with van der Waals surface area (Å²) in [7, 11) is 1.69. The van der Waals surface area contributed by atoms with Crippen LogP contribution < -0.4 is 0 Å². The minimum Gasteiger partial charge on any atom is -0.384 e. The largest absolute Gasteiger partial charge is 0.384 e. The van der Waals surface area contributed by atoms with Crippen LogP contribution in [0.15, 0.2) is 54.6 Å². The fourth-order valence-corrected chi connectivity index (χ4v) is 2.10. The van der Waals surface area contributed by atoms with Crippen molar-refractivity contribution in [1.29, 1.82) is 0 Å². The van der Waals surface area contributed by atoms with Crippen molar-refractivity contribution in [3.8, 4) is 11.1 Å². The van der Waals surface area contributed by atoms with Crippen LogP contribution in [-0.4, -0.2) is 29.1 Å². The lowest BCUT2D eigenvalue weighted by Crippen LogP contribution is -2.34. The molecule has 0 aliphatic rings. The monoisotopic (exact) mass is 269 g/mol. The Balaban J connectivity index is 2.07. The number of carbonyl (C=O) groups is 1. The van der Waals surface area contributed by atoms with Gasteiger partial charge < -0.3 is 10.0 Å². The zero-order valence-corrected chi connectivity index (χ0v) is 11.8. The van der Waals surface area contributed by atoms with E-state index in [4.69, 9.17) is 0 Å². The molecule has 1 atom stereocenters. The van der Waals surface area contributed by atoms with Gasteiger partial charge in [0.15, 0.2) is 0 Å². The van der Waals surface area contributed by atoms with Crippen LogP contribution in [0, 0.1) is 0 Å². The number of hydrogen-bond donors (Lipinski definition) is 1. The number of rotatable bonds is 4. The van der Waals surface area contributed by atoms with E-state index >= 15 is 0 Å². The van der Waals surface area contributed by atoms with Crippen molar-refractivity contribution in [1.82, 2.24) is 4.90 Å². The number of likely N-dealkylation sites (N-methyl/N-ethyl adjacent to an activating group) is 1. The molecule has 0 spiro atoms. The Bertz CT molecular complexity index is 561. The van der Waals surface area contributed by atoms with Crippen molar-refractivity contribution in [2.75, 3.05) is 7.05 Å². The predicted octanol–water partition coefficient (Wildman–Crippen LogP) is 2.69. The SMILES string of the molecule is CC(O)C(=O)N(C)Cc1ccc(-c2ccccc2)cc1. The van der Waals surface area contributed by atoms with Crippen LogP contribution in [0.25, 0.3) is 11.1 Å². The highest BCUT2D eigenvalue weighted by Gasteiger charge is 2.14. The van der Waals surface area contributed by atoms with E-state index in [1.165, 1.54) is 17.4 Å². The van der Waals surface area contributed by atoms with Gasteiger partial charge in [-0.2, -0.15) is 0 Å². The molecular weight excluding hydrogens is 250 g/mol. The highest BCUT2D eigenvalue weighted by atomic mass is 16.3. The molecule has 0 aliphatic heterocycles. The van der Waals surface area contributed by atoms with Crippen molar-refractivity contribution in [3.63, 3.8) is 0 Å². The fraction of sp³-hybridized carbons (Fsp3) is 0.235. The van der Waals surface area contributed by atoms with Crippen LogP contribution in [0.1, 0.15) is 12.5 Å². The molecule has 1 N–H and O–H groups in total. The number of benzene rings is 2. The number of hydrogen-bond acceptors (Lipinski definition) is 2. The normalized spacial score (nSPS) is 11.9. The van der Waals surface area contributed by atoms with Gasteiger partial charge in [-0.3, -0.25) is 4.79 Å². The molecule has 104 valence electrons. The number of nitrogens with zero attached hydrogens (tertiary/aromatic N) is 1. The smallest absolute Gasteiger partial charge is 0.251 e. The van der Waals surface area contributed by atoms with E-state index in [-0.39, 0.29) is 5.91 Å². The van der Waals surface area contributed by atoms with Gasteiger partial charge in [-0.15, -0.1) is 0 Å². The van der Waals surface area contributed by atoms with Gasteiger partial charge in [0.2, 0.25) is 0 Å². The molecule has 1 unspecified atom stereocenters. The molecule has 0 saturated carbocycles. The first-order valence-corrected chi connectivity index (χ1v) is 6.65. The van der Waals surface area contributed by atoms with E-state index < -0.39 is 6.10 Å². The fourth-order valence-electron chi connectivity index (χ4n) is 2.10. The highest BCUT2D eigenvalue weighted by molar-refractivity contribution is 5.79. The van der Waals surface area contributed by atoms with E-state index in [0.29, 0.717) is 6.54 Å². The minimum absolute atomic E-state index is 0.267. The molecule has 2 aromatic rings. The summed E-state index contributed by atoms with van der Waals surface area (Å²) in [5.41, 5.74) is 3.37. The second-order valence-corrected chi connectivity index (χ2v) is 4.93. The molecule has 3 nitrogen and oxygen atoms in total. The third kappa shape index (κ3) is 3.45. The van der Waals surface area contributed by atoms with Gasteiger partial charge in [0, 0.05) is 13.6 Å². The maximum Gasteiger partial charge on any atom is 0.251 e. The molecule has 0 heterocycles. The van der Waals surface area contributed by atoms with Gasteiger partial charge in [0.05, 0.1) is 0 Å². The molecule has 0 radical (unpaired) electrons. The Kier molecular flexibility index (Phi) is 4.53. The summed E-state index contributed by atoms with van der Waals surface area (Å²) in [4.78, 5) is 13.1. The number of aliphatic hydroxyl groups excluding tert-OH is 1. The number of aliphatic hydroxyl groups is 1. The lowest BCUT2D eigenvalue weighted by atomic mass is 10.0. The summed E-state index contributed by atoms with van der Waals surface area (Å²) < 4.78 is 0. The molecule has 0 bridgehead atoms. The molecule has 0 aromatic heterocycles. The van der Waals surface area contributed by atoms with Gasteiger partial charge in [0.25, 0.3) is 5.91 Å². The van der Waals surface area contributed by atoms with E-state index in [1.54, 1.807) is 7.05 Å². The van der Waals surface area contributed by atoms with Gasteiger partial charge in [-0.05, 0) is 23.6 Å². The minimum atomic E-state index is -0.955. The van der Waals surface area contributed by atoms with Gasteiger partial charge in [-0.1, -0.05) is 54.6 Å². The summed E-state index contributed by atoms with van der Waals surface area (Å²) in [5.74, 6) is -0.267. The average molecular weight is 269 g/mol. The van der Waals surface area contributed by atoms with Gasteiger partial charge in [-0.25, -0.2) is 0 Å². The van der Waals surface area contributed by atoms with Gasteiger partial charge in [0.1, 0.15) is 6.10 Å². The van der Waals surface area contributed by atoms with Crippen molar-refractivity contribution < 1.29 is 9.90 Å². The first kappa shape index (κ1) is 14.3. The molecule has 0 fully saturated rings. The summed E-state index contributed by atoms with van der Waals surface area (Å²) in [6, 6.07) is 18.3. The van der Waals surface area contributed by atoms with Crippen molar-refractivity contribution in [2.45, 2.75) is 19.6 Å². The van der Waals surface area contributed by atoms with Crippen LogP contribution >= 0.6 is 0 Å². The molecule has 3 heteroatoms. The maximum atomic E-state index is 11.6. The maximum absolute atomic E-state index is 11.6. The number of carbonyl (C=O) groups excluding carboxylic acids is 1. The Morgan fingerprint density at radius 3 is 2.15 bits per heavy atom. The zero-order chi connectivity index (χ0) is 14.5. The van der Waals surface area contributed by atoms with E-state index in [1.807, 2.05) is 42.5 Å². The summed E-state index contributed by atoms with van der Waals surface area (Å²) >= 11 is 0. The topological polar surface area (TPSA) is 40.5 Å². The Hall–Kier alpha value is -2.13. The standard InChI is InChI=1S/C17H19NO2/c1-13(19)17(20)18(2)12-14-8-10-16(11-9-14)15-6-4-3-5-7-15/h3-11,13,19H,12H2,1-2H3. The van der Waals surface area contributed by atoms with Crippen LogP contribution in [0.4, 0.5) is 0 Å². The lowest BCUT2D eigenvalue weighted by molar-refractivity contribution is -0.138. The third-order valence-corrected chi connectivity index (χ3v) is 3.21. The van der Waals surface area contributed by atoms with Crippen molar-refractivity contribution in [3.05, 3.63) is 60.2 Å². The van der Waals surface area contributed by atoms with E-state index in [9.17, 15) is 9.90 Å². The van der Waals surface area contributed by atoms with Crippen LogP contribution in [-0.2, 0) is 11.3 Å². The zero-order valence-electron chi connectivity index (χ0n) is 11.8. The molecule has 0 saturated heterocycles. The van der Waals surface area contributed by atoms with Crippen molar-refractivity contribution >= 4 is 5.91 Å². The summed E-state index contributed by atoms with van der Waals surface area (Å²) in [5, 5.41) is 9.27.